The summed E-state index contributed by atoms with van der Waals surface area (Å²) in [6.07, 6.45) is 4.65. The first kappa shape index (κ1) is 59.1. The summed E-state index contributed by atoms with van der Waals surface area (Å²) in [6.45, 7) is 7.34. The van der Waals surface area contributed by atoms with Crippen molar-refractivity contribution in [3.8, 4) is 40.2 Å². The highest BCUT2D eigenvalue weighted by Gasteiger charge is 2.34. The number of ether oxygens (including phenoxy) is 5. The number of phenols is 1. The highest BCUT2D eigenvalue weighted by Crippen LogP contribution is 2.38. The van der Waals surface area contributed by atoms with Crippen LogP contribution in [0.2, 0.25) is 0 Å². The van der Waals surface area contributed by atoms with Crippen molar-refractivity contribution >= 4 is 64.7 Å². The molecule has 2 saturated heterocycles. The van der Waals surface area contributed by atoms with Crippen molar-refractivity contribution < 1.29 is 67.6 Å². The number of nitrogens with zero attached hydrogens (tertiary/aromatic N) is 8. The van der Waals surface area contributed by atoms with Crippen molar-refractivity contribution in [1.29, 1.82) is 0 Å². The third-order valence-electron chi connectivity index (χ3n) is 12.6. The molecule has 0 saturated carbocycles. The number of halogens is 5. The molecule has 428 valence electrons. The van der Waals surface area contributed by atoms with Crippen LogP contribution in [0.5, 0.6) is 40.2 Å². The summed E-state index contributed by atoms with van der Waals surface area (Å²) < 4.78 is 161. The molecule has 2 fully saturated rings. The number of sulfonamides is 2. The first-order valence-electron chi connectivity index (χ1n) is 24.5. The minimum atomic E-state index is -4.66. The number of phenolic OH excluding ortho intramolecular Hbond substituents is 1. The molecule has 1 N–H and O–H groups in total. The molecular formula is C54H53F5N8O10S4. The zero-order valence-corrected chi connectivity index (χ0v) is 47.5. The van der Waals surface area contributed by atoms with E-state index in [0.717, 1.165) is 99.2 Å². The van der Waals surface area contributed by atoms with Crippen LogP contribution in [0.3, 0.4) is 0 Å². The van der Waals surface area contributed by atoms with Crippen LogP contribution in [0.15, 0.2) is 120 Å². The van der Waals surface area contributed by atoms with E-state index in [4.69, 9.17) is 23.7 Å². The maximum atomic E-state index is 15.4. The lowest BCUT2D eigenvalue weighted by molar-refractivity contribution is 0.391. The van der Waals surface area contributed by atoms with Gasteiger partial charge in [-0.15, -0.1) is 0 Å². The fraction of sp³-hybridized carbons (Fsp3) is 0.259. The van der Waals surface area contributed by atoms with Gasteiger partial charge in [0.2, 0.25) is 10.3 Å². The van der Waals surface area contributed by atoms with Crippen LogP contribution in [-0.4, -0.2) is 95.3 Å². The van der Waals surface area contributed by atoms with Gasteiger partial charge in [0.05, 0.1) is 41.5 Å². The van der Waals surface area contributed by atoms with Gasteiger partial charge in [0.1, 0.15) is 68.6 Å². The molecule has 2 aromatic heterocycles. The topological polar surface area (TPSA) is 199 Å². The lowest BCUT2D eigenvalue weighted by Gasteiger charge is -2.33. The van der Waals surface area contributed by atoms with Gasteiger partial charge < -0.3 is 38.6 Å². The van der Waals surface area contributed by atoms with Crippen LogP contribution in [-0.2, 0) is 33.1 Å². The summed E-state index contributed by atoms with van der Waals surface area (Å²) in [6, 6.07) is 22.5. The summed E-state index contributed by atoms with van der Waals surface area (Å²) in [5, 5.41) is 9.21. The summed E-state index contributed by atoms with van der Waals surface area (Å²) >= 11 is 1.53. The van der Waals surface area contributed by atoms with Crippen LogP contribution < -0.4 is 42.1 Å². The Hall–Kier alpha value is -8.01. The molecular weight excluding hydrogens is 1140 g/mol. The van der Waals surface area contributed by atoms with E-state index in [1.807, 2.05) is 26.0 Å². The van der Waals surface area contributed by atoms with Crippen molar-refractivity contribution in [2.24, 2.45) is 0 Å². The number of rotatable bonds is 18. The van der Waals surface area contributed by atoms with Gasteiger partial charge in [-0.05, 0) is 86.3 Å². The molecule has 10 rings (SSSR count). The molecule has 0 atom stereocenters. The number of hydrogen-bond donors (Lipinski definition) is 1. The molecule has 0 radical (unpaired) electrons. The van der Waals surface area contributed by atoms with Crippen molar-refractivity contribution in [3.05, 3.63) is 161 Å². The van der Waals surface area contributed by atoms with Crippen molar-refractivity contribution in [3.63, 3.8) is 0 Å². The monoisotopic (exact) mass is 1200 g/mol. The van der Waals surface area contributed by atoms with Gasteiger partial charge in [0.15, 0.2) is 23.2 Å². The van der Waals surface area contributed by atoms with Crippen LogP contribution in [0.4, 0.5) is 43.6 Å². The highest BCUT2D eigenvalue weighted by atomic mass is 32.2. The second-order valence-electron chi connectivity index (χ2n) is 18.1. The summed E-state index contributed by atoms with van der Waals surface area (Å²) in [4.78, 5) is 10.4. The number of aryl methyl sites for hydroxylation is 2. The van der Waals surface area contributed by atoms with Gasteiger partial charge >= 0.3 is 0 Å². The van der Waals surface area contributed by atoms with Crippen molar-refractivity contribution in [2.45, 2.75) is 49.6 Å². The minimum Gasteiger partial charge on any atom is -0.508 e. The summed E-state index contributed by atoms with van der Waals surface area (Å²) in [5.74, 6) is -4.76. The van der Waals surface area contributed by atoms with Crippen LogP contribution >= 0.6 is 23.1 Å². The van der Waals surface area contributed by atoms with E-state index in [2.05, 4.69) is 34.6 Å². The van der Waals surface area contributed by atoms with E-state index in [9.17, 15) is 35.1 Å². The number of hydrogen-bond acceptors (Lipinski definition) is 18. The van der Waals surface area contributed by atoms with E-state index in [-0.39, 0.29) is 29.4 Å². The fourth-order valence-electron chi connectivity index (χ4n) is 8.24. The third-order valence-corrected chi connectivity index (χ3v) is 17.7. The predicted octanol–water partition coefficient (Wildman–Crippen LogP) is 10.8. The zero-order chi connectivity index (χ0) is 58.2. The Balaban J connectivity index is 0.000000182. The first-order chi connectivity index (χ1) is 38.7. The number of anilines is 4. The maximum absolute atomic E-state index is 15.4. The molecule has 8 aromatic rings. The molecule has 0 amide bonds. The highest BCUT2D eigenvalue weighted by molar-refractivity contribution is 7.93. The average molecular weight is 1200 g/mol. The Morgan fingerprint density at radius 1 is 0.519 bits per heavy atom. The van der Waals surface area contributed by atoms with Crippen LogP contribution in [0.1, 0.15) is 35.1 Å². The molecule has 2 aliphatic rings. The van der Waals surface area contributed by atoms with E-state index >= 15 is 8.78 Å². The Bertz CT molecular complexity index is 3710. The van der Waals surface area contributed by atoms with E-state index in [1.54, 1.807) is 54.6 Å². The van der Waals surface area contributed by atoms with Crippen molar-refractivity contribution in [2.75, 3.05) is 73.0 Å². The van der Waals surface area contributed by atoms with Crippen molar-refractivity contribution in [1.82, 2.24) is 18.7 Å². The number of benzene rings is 6. The fourth-order valence-corrected chi connectivity index (χ4v) is 12.6. The molecule has 18 nitrogen and oxygen atoms in total. The van der Waals surface area contributed by atoms with E-state index < -0.39 is 64.7 Å². The molecule has 6 aromatic carbocycles. The first-order valence-corrected chi connectivity index (χ1v) is 28.9. The Morgan fingerprint density at radius 2 is 0.975 bits per heavy atom. The largest absolute Gasteiger partial charge is 0.508 e. The van der Waals surface area contributed by atoms with Crippen LogP contribution in [0.25, 0.3) is 0 Å². The van der Waals surface area contributed by atoms with Gasteiger partial charge in [-0.25, -0.2) is 57.4 Å². The Morgan fingerprint density at radius 3 is 1.41 bits per heavy atom. The molecule has 0 aliphatic carbocycles. The number of aromatic hydroxyl groups is 1. The normalized spacial score (nSPS) is 12.9. The number of aromatic nitrogens is 4. The summed E-state index contributed by atoms with van der Waals surface area (Å²) in [7, 11) is -3.55. The molecule has 81 heavy (non-hydrogen) atoms. The van der Waals surface area contributed by atoms with Gasteiger partial charge in [0.25, 0.3) is 20.0 Å². The SMILES string of the molecule is COc1ccc(CN(c2ncns2)S(=O)(=O)c2cc(F)c(F)cc2F)c(OC)c1.COc1ccc(CN(c2ncns2)S(=O)(=O)c2cc(F)c(Oc3cc(C)cc(N4CCC4)c3)cc2F)c(OC)c1.Cc1cc(O)cc(N2CCC2)c1. The Kier molecular flexibility index (Phi) is 18.7. The zero-order valence-electron chi connectivity index (χ0n) is 44.3. The molecule has 0 unspecified atom stereocenters. The summed E-state index contributed by atoms with van der Waals surface area (Å²) in [5.41, 5.74) is 4.93. The minimum absolute atomic E-state index is 0.0312. The second-order valence-corrected chi connectivity index (χ2v) is 23.2. The van der Waals surface area contributed by atoms with E-state index in [1.165, 1.54) is 41.2 Å². The van der Waals surface area contributed by atoms with Crippen LogP contribution in [0, 0.1) is 42.9 Å². The number of methoxy groups -OCH3 is 4. The molecule has 27 heteroatoms. The quantitative estimate of drug-likeness (QED) is 0.0628. The van der Waals surface area contributed by atoms with Gasteiger partial charge in [0, 0.05) is 120 Å². The predicted molar refractivity (Wildman–Crippen MR) is 296 cm³/mol. The van der Waals surface area contributed by atoms with Gasteiger partial charge in [-0.2, -0.15) is 8.75 Å². The lowest BCUT2D eigenvalue weighted by atomic mass is 10.1. The van der Waals surface area contributed by atoms with Gasteiger partial charge in [-0.1, -0.05) is 0 Å². The third kappa shape index (κ3) is 13.8. The average Bonchev–Trinajstić information content (AvgIpc) is 4.19. The molecule has 0 spiro atoms. The molecule has 2 aliphatic heterocycles. The lowest BCUT2D eigenvalue weighted by Crippen LogP contribution is -2.36. The molecule has 0 bridgehead atoms. The smallest absolute Gasteiger partial charge is 0.269 e. The standard InChI is InChI=1S/C27H26F2N4O5S2.C17H14F3N3O4S2.C10H13NO/c1-17-9-19(32-7-4-8-32)11-21(10-17)38-25-13-23(29)26(14-22(25)28)40(34,35)33(27-30-16-31-39-27)15-18-5-6-20(36-2)12-24(18)37-3;1-26-11-4-3-10(15(5-11)27-2)8-23(17-21-9-22-28-17)29(24,25)16-7-13(19)12(18)6-14(16)20;1-8-5-9(7-10(12)6-8)11-3-2-4-11/h5-6,9-14,16H,4,7-8,15H2,1-3H3;3-7,9H,8H2,1-2H3;5-7,12H,2-4H2,1H3. The van der Waals surface area contributed by atoms with E-state index in [0.29, 0.717) is 57.8 Å². The Labute approximate surface area is 472 Å². The maximum Gasteiger partial charge on any atom is 0.269 e. The second kappa shape index (κ2) is 25.6. The molecule has 4 heterocycles. The van der Waals surface area contributed by atoms with Gasteiger partial charge in [-0.3, -0.25) is 0 Å².